The second-order valence-corrected chi connectivity index (χ2v) is 6.12. The fourth-order valence-corrected chi connectivity index (χ4v) is 2.75. The van der Waals surface area contributed by atoms with Crippen LogP contribution in [-0.4, -0.2) is 23.8 Å². The number of imide groups is 1. The van der Waals surface area contributed by atoms with E-state index in [9.17, 15) is 14.4 Å². The lowest BCUT2D eigenvalue weighted by molar-refractivity contribution is -0.122. The van der Waals surface area contributed by atoms with Crippen LogP contribution >= 0.6 is 0 Å². The molecule has 0 aromatic heterocycles. The maximum Gasteiger partial charge on any atom is 0.265 e. The first-order valence-corrected chi connectivity index (χ1v) is 7.89. The van der Waals surface area contributed by atoms with Crippen molar-refractivity contribution in [2.24, 2.45) is 0 Å². The Hall–Kier alpha value is -3.15. The molecule has 0 bridgehead atoms. The van der Waals surface area contributed by atoms with Gasteiger partial charge in [0.2, 0.25) is 0 Å². The molecule has 6 nitrogen and oxygen atoms in total. The molecule has 2 aromatic carbocycles. The zero-order valence-corrected chi connectivity index (χ0v) is 14.2. The minimum Gasteiger partial charge on any atom is -0.481 e. The average molecular weight is 338 g/mol. The van der Waals surface area contributed by atoms with Crippen molar-refractivity contribution in [3.63, 3.8) is 0 Å². The Labute approximate surface area is 145 Å². The molecule has 0 radical (unpaired) electrons. The van der Waals surface area contributed by atoms with Gasteiger partial charge in [-0.15, -0.1) is 0 Å². The molecule has 3 rings (SSSR count). The lowest BCUT2D eigenvalue weighted by Gasteiger charge is -2.16. The first kappa shape index (κ1) is 16.7. The zero-order valence-electron chi connectivity index (χ0n) is 14.2. The molecule has 1 unspecified atom stereocenters. The normalized spacial score (nSPS) is 13.9. The molecule has 0 fully saturated rings. The van der Waals surface area contributed by atoms with Gasteiger partial charge >= 0.3 is 0 Å². The summed E-state index contributed by atoms with van der Waals surface area (Å²) < 4.78 is 5.70. The third-order valence-electron chi connectivity index (χ3n) is 3.88. The molecule has 0 aliphatic carbocycles. The quantitative estimate of drug-likeness (QED) is 0.839. The predicted molar refractivity (Wildman–Crippen MR) is 92.9 cm³/mol. The van der Waals surface area contributed by atoms with E-state index < -0.39 is 17.9 Å². The van der Waals surface area contributed by atoms with Crippen molar-refractivity contribution in [1.29, 1.82) is 0 Å². The van der Waals surface area contributed by atoms with Crippen molar-refractivity contribution in [3.8, 4) is 5.75 Å². The van der Waals surface area contributed by atoms with Crippen LogP contribution in [0.3, 0.4) is 0 Å². The number of hydrogen-bond acceptors (Lipinski definition) is 4. The fourth-order valence-electron chi connectivity index (χ4n) is 2.75. The molecular weight excluding hydrogens is 320 g/mol. The summed E-state index contributed by atoms with van der Waals surface area (Å²) in [5, 5.41) is 4.91. The van der Waals surface area contributed by atoms with E-state index in [2.05, 4.69) is 10.6 Å². The Balaban J connectivity index is 1.71. The van der Waals surface area contributed by atoms with Crippen molar-refractivity contribution in [3.05, 3.63) is 58.7 Å². The monoisotopic (exact) mass is 338 g/mol. The minimum absolute atomic E-state index is 0.255. The van der Waals surface area contributed by atoms with Gasteiger partial charge in [-0.2, -0.15) is 0 Å². The summed E-state index contributed by atoms with van der Waals surface area (Å²) >= 11 is 0. The molecule has 1 aliphatic heterocycles. The van der Waals surface area contributed by atoms with E-state index >= 15 is 0 Å². The van der Waals surface area contributed by atoms with Crippen LogP contribution in [0, 0.1) is 13.8 Å². The van der Waals surface area contributed by atoms with Crippen molar-refractivity contribution in [2.75, 3.05) is 5.32 Å². The van der Waals surface area contributed by atoms with Crippen LogP contribution < -0.4 is 15.4 Å². The third kappa shape index (κ3) is 3.52. The van der Waals surface area contributed by atoms with Crippen LogP contribution in [0.5, 0.6) is 5.75 Å². The number of anilines is 1. The van der Waals surface area contributed by atoms with Crippen LogP contribution in [-0.2, 0) is 4.79 Å². The van der Waals surface area contributed by atoms with Gasteiger partial charge in [0.1, 0.15) is 5.75 Å². The highest BCUT2D eigenvalue weighted by atomic mass is 16.5. The molecule has 2 aromatic rings. The summed E-state index contributed by atoms with van der Waals surface area (Å²) in [4.78, 5) is 35.5. The van der Waals surface area contributed by atoms with E-state index in [0.717, 1.165) is 11.1 Å². The number of carbonyl (C=O) groups excluding carboxylic acids is 3. The average Bonchev–Trinajstić information content (AvgIpc) is 2.80. The van der Waals surface area contributed by atoms with Gasteiger partial charge in [0.25, 0.3) is 17.7 Å². The molecule has 6 heteroatoms. The van der Waals surface area contributed by atoms with Gasteiger partial charge in [-0.05, 0) is 62.2 Å². The molecule has 25 heavy (non-hydrogen) atoms. The molecule has 128 valence electrons. The number of ether oxygens (including phenoxy) is 1. The second kappa shape index (κ2) is 6.39. The van der Waals surface area contributed by atoms with E-state index in [-0.39, 0.29) is 11.5 Å². The van der Waals surface area contributed by atoms with E-state index in [1.807, 2.05) is 32.0 Å². The van der Waals surface area contributed by atoms with Crippen molar-refractivity contribution < 1.29 is 19.1 Å². The number of fused-ring (bicyclic) bond motifs is 1. The fraction of sp³-hybridized carbons (Fsp3) is 0.211. The Morgan fingerprint density at radius 3 is 2.32 bits per heavy atom. The van der Waals surface area contributed by atoms with Crippen LogP contribution in [0.4, 0.5) is 5.69 Å². The molecule has 3 amide bonds. The highest BCUT2D eigenvalue weighted by molar-refractivity contribution is 6.22. The number of aryl methyl sites for hydroxylation is 2. The smallest absolute Gasteiger partial charge is 0.265 e. The van der Waals surface area contributed by atoms with Crippen LogP contribution in [0.25, 0.3) is 0 Å². The molecule has 2 N–H and O–H groups in total. The molecule has 0 saturated heterocycles. The van der Waals surface area contributed by atoms with Gasteiger partial charge in [-0.25, -0.2) is 0 Å². The summed E-state index contributed by atoms with van der Waals surface area (Å²) in [6.07, 6.45) is -0.718. The van der Waals surface area contributed by atoms with Gasteiger partial charge in [-0.1, -0.05) is 6.07 Å². The van der Waals surface area contributed by atoms with Crippen LogP contribution in [0.15, 0.2) is 36.4 Å². The molecular formula is C19H18N2O4. The Kier molecular flexibility index (Phi) is 4.27. The number of benzene rings is 2. The second-order valence-electron chi connectivity index (χ2n) is 6.12. The van der Waals surface area contributed by atoms with E-state index in [0.29, 0.717) is 17.0 Å². The summed E-state index contributed by atoms with van der Waals surface area (Å²) in [7, 11) is 0. The number of hydrogen-bond donors (Lipinski definition) is 2. The number of amides is 3. The zero-order chi connectivity index (χ0) is 18.1. The Bertz CT molecular complexity index is 869. The van der Waals surface area contributed by atoms with Crippen molar-refractivity contribution in [2.45, 2.75) is 26.9 Å². The molecule has 1 aliphatic rings. The SMILES string of the molecule is Cc1cc(C)cc(OC(C)C(=O)Nc2ccc3c(c2)C(=O)NC3=O)c1. The molecule has 1 heterocycles. The molecule has 0 spiro atoms. The first-order chi connectivity index (χ1) is 11.8. The Morgan fingerprint density at radius 1 is 1.00 bits per heavy atom. The topological polar surface area (TPSA) is 84.5 Å². The largest absolute Gasteiger partial charge is 0.481 e. The Morgan fingerprint density at radius 2 is 1.64 bits per heavy atom. The van der Waals surface area contributed by atoms with E-state index in [4.69, 9.17) is 4.74 Å². The molecule has 0 saturated carbocycles. The summed E-state index contributed by atoms with van der Waals surface area (Å²) in [6.45, 7) is 5.57. The minimum atomic E-state index is -0.718. The lowest BCUT2D eigenvalue weighted by atomic mass is 10.1. The van der Waals surface area contributed by atoms with E-state index in [1.165, 1.54) is 12.1 Å². The van der Waals surface area contributed by atoms with Crippen molar-refractivity contribution >= 4 is 23.4 Å². The lowest BCUT2D eigenvalue weighted by Crippen LogP contribution is -2.30. The van der Waals surface area contributed by atoms with Crippen LogP contribution in [0.1, 0.15) is 38.8 Å². The van der Waals surface area contributed by atoms with Gasteiger partial charge in [-0.3, -0.25) is 19.7 Å². The maximum atomic E-state index is 12.3. The highest BCUT2D eigenvalue weighted by Gasteiger charge is 2.27. The summed E-state index contributed by atoms with van der Waals surface area (Å²) in [5.74, 6) is -0.608. The van der Waals surface area contributed by atoms with Gasteiger partial charge < -0.3 is 10.1 Å². The summed E-state index contributed by atoms with van der Waals surface area (Å²) in [5.41, 5.74) is 3.10. The van der Waals surface area contributed by atoms with E-state index in [1.54, 1.807) is 13.0 Å². The first-order valence-electron chi connectivity index (χ1n) is 7.89. The highest BCUT2D eigenvalue weighted by Crippen LogP contribution is 2.21. The standard InChI is InChI=1S/C19H18N2O4/c1-10-6-11(2)8-14(7-10)25-12(3)17(22)20-13-4-5-15-16(9-13)19(24)21-18(15)23/h4-9,12H,1-3H3,(H,20,22)(H,21,23,24). The predicted octanol–water partition coefficient (Wildman–Crippen LogP) is 2.59. The maximum absolute atomic E-state index is 12.3. The van der Waals surface area contributed by atoms with Crippen molar-refractivity contribution in [1.82, 2.24) is 5.32 Å². The van der Waals surface area contributed by atoms with Gasteiger partial charge in [0.15, 0.2) is 6.10 Å². The summed E-state index contributed by atoms with van der Waals surface area (Å²) in [6, 6.07) is 10.3. The number of nitrogens with one attached hydrogen (secondary N) is 2. The van der Waals surface area contributed by atoms with Crippen LogP contribution in [0.2, 0.25) is 0 Å². The third-order valence-corrected chi connectivity index (χ3v) is 3.88. The van der Waals surface area contributed by atoms with Gasteiger partial charge in [0.05, 0.1) is 11.1 Å². The molecule has 1 atom stereocenters. The van der Waals surface area contributed by atoms with Gasteiger partial charge in [0, 0.05) is 5.69 Å². The number of carbonyl (C=O) groups is 3. The number of rotatable bonds is 4.